The van der Waals surface area contributed by atoms with Gasteiger partial charge in [0.1, 0.15) is 0 Å². The fourth-order valence-corrected chi connectivity index (χ4v) is 3.39. The van der Waals surface area contributed by atoms with Gasteiger partial charge in [-0.1, -0.05) is 0 Å². The molecule has 0 bridgehead atoms. The van der Waals surface area contributed by atoms with Crippen LogP contribution in [0.5, 0.6) is 0 Å². The summed E-state index contributed by atoms with van der Waals surface area (Å²) in [4.78, 5) is 42.0. The smallest absolute Gasteiger partial charge is 0.421 e. The third-order valence-electron chi connectivity index (χ3n) is 3.36. The van der Waals surface area contributed by atoms with Crippen LogP contribution in [0.25, 0.3) is 11.2 Å². The van der Waals surface area contributed by atoms with E-state index in [9.17, 15) is 14.4 Å². The second kappa shape index (κ2) is 5.37. The van der Waals surface area contributed by atoms with Crippen LogP contribution in [0.3, 0.4) is 0 Å². The molecule has 3 heterocycles. The Morgan fingerprint density at radius 3 is 3.00 bits per heavy atom. The monoisotopic (exact) mass is 311 g/mol. The molecule has 10 heteroatoms. The molecule has 112 valence electrons. The molecule has 1 aliphatic rings. The van der Waals surface area contributed by atoms with E-state index in [0.717, 1.165) is 24.1 Å². The van der Waals surface area contributed by atoms with Crippen molar-refractivity contribution in [2.24, 2.45) is 0 Å². The summed E-state index contributed by atoms with van der Waals surface area (Å²) in [5, 5.41) is 12.7. The van der Waals surface area contributed by atoms with Crippen molar-refractivity contribution < 1.29 is 9.90 Å². The molecular weight excluding hydrogens is 298 g/mol. The van der Waals surface area contributed by atoms with Crippen LogP contribution in [0.1, 0.15) is 6.42 Å². The predicted molar refractivity (Wildman–Crippen MR) is 76.9 cm³/mol. The van der Waals surface area contributed by atoms with Crippen molar-refractivity contribution in [2.75, 3.05) is 13.1 Å². The quantitative estimate of drug-likeness (QED) is 0.696. The Morgan fingerprint density at radius 2 is 2.33 bits per heavy atom. The van der Waals surface area contributed by atoms with Crippen molar-refractivity contribution in [3.05, 3.63) is 27.2 Å². The van der Waals surface area contributed by atoms with Crippen LogP contribution in [0.4, 0.5) is 4.79 Å². The van der Waals surface area contributed by atoms with Gasteiger partial charge in [0.25, 0.3) is 5.56 Å². The van der Waals surface area contributed by atoms with E-state index >= 15 is 0 Å². The summed E-state index contributed by atoms with van der Waals surface area (Å²) in [5.41, 5.74) is -1.59. The molecule has 2 aromatic rings. The number of H-pyrrole nitrogens is 1. The van der Waals surface area contributed by atoms with Crippen LogP contribution >= 0.6 is 11.8 Å². The average molecular weight is 311 g/mol. The Morgan fingerprint density at radius 1 is 1.52 bits per heavy atom. The van der Waals surface area contributed by atoms with Gasteiger partial charge in [0.2, 0.25) is 0 Å². The third-order valence-corrected chi connectivity index (χ3v) is 4.64. The Bertz CT molecular complexity index is 801. The van der Waals surface area contributed by atoms with Crippen molar-refractivity contribution in [1.82, 2.24) is 24.4 Å². The number of fused-ring (bicyclic) bond motifs is 1. The predicted octanol–water partition coefficient (Wildman–Crippen LogP) is -0.535. The maximum Gasteiger partial charge on any atom is 0.421 e. The maximum atomic E-state index is 12.2. The molecule has 2 aromatic heterocycles. The lowest BCUT2D eigenvalue weighted by atomic mass is 10.4. The van der Waals surface area contributed by atoms with Crippen LogP contribution < -0.4 is 16.6 Å². The molecule has 0 aromatic carbocycles. The fourth-order valence-electron chi connectivity index (χ4n) is 2.28. The lowest BCUT2D eigenvalue weighted by Crippen LogP contribution is -2.42. The second-order valence-electron chi connectivity index (χ2n) is 4.65. The van der Waals surface area contributed by atoms with Gasteiger partial charge < -0.3 is 15.4 Å². The number of hydrogen-bond donors (Lipinski definition) is 3. The fraction of sp³-hybridized carbons (Fsp3) is 0.455. The van der Waals surface area contributed by atoms with E-state index in [2.05, 4.69) is 15.3 Å². The molecule has 9 nitrogen and oxygen atoms in total. The largest absolute Gasteiger partial charge is 0.464 e. The number of imidazole rings is 1. The third kappa shape index (κ3) is 2.36. The van der Waals surface area contributed by atoms with E-state index in [-0.39, 0.29) is 17.0 Å². The highest BCUT2D eigenvalue weighted by atomic mass is 32.2. The lowest BCUT2D eigenvalue weighted by Gasteiger charge is -2.10. The van der Waals surface area contributed by atoms with E-state index in [0.29, 0.717) is 9.82 Å². The molecule has 1 fully saturated rings. The van der Waals surface area contributed by atoms with Gasteiger partial charge in [-0.25, -0.2) is 19.1 Å². The number of aromatic nitrogens is 4. The summed E-state index contributed by atoms with van der Waals surface area (Å²) in [6.07, 6.45) is 0.695. The molecule has 1 atom stereocenters. The summed E-state index contributed by atoms with van der Waals surface area (Å²) in [6, 6.07) is 0. The second-order valence-corrected chi connectivity index (χ2v) is 5.90. The minimum atomic E-state index is -1.46. The normalized spacial score (nSPS) is 18.4. The number of nitrogens with one attached hydrogen (secondary N) is 2. The van der Waals surface area contributed by atoms with Gasteiger partial charge in [-0.3, -0.25) is 4.79 Å². The Hall–Kier alpha value is -2.07. The number of hydrogen-bond acceptors (Lipinski definition) is 6. The van der Waals surface area contributed by atoms with Crippen LogP contribution in [-0.4, -0.2) is 48.6 Å². The molecular formula is C11H13N5O4S. The molecule has 0 radical (unpaired) electrons. The molecule has 1 saturated heterocycles. The number of carbonyl (C=O) groups is 1. The first-order chi connectivity index (χ1) is 10.1. The molecule has 0 spiro atoms. The first-order valence-corrected chi connectivity index (χ1v) is 7.39. The SMILES string of the molecule is O=C(O)n1c(=O)n(CSC2CCNC2)c(=O)c2[nH]cnc21. The summed E-state index contributed by atoms with van der Waals surface area (Å²) >= 11 is 1.46. The molecule has 0 aliphatic carbocycles. The molecule has 0 amide bonds. The zero-order valence-corrected chi connectivity index (χ0v) is 11.7. The van der Waals surface area contributed by atoms with Crippen molar-refractivity contribution in [3.8, 4) is 0 Å². The molecule has 3 N–H and O–H groups in total. The number of carboxylic acid groups (broad SMARTS) is 1. The number of aromatic amines is 1. The van der Waals surface area contributed by atoms with Crippen LogP contribution in [0.15, 0.2) is 15.9 Å². The van der Waals surface area contributed by atoms with E-state index in [4.69, 9.17) is 5.11 Å². The zero-order chi connectivity index (χ0) is 15.0. The first-order valence-electron chi connectivity index (χ1n) is 6.34. The Kier molecular flexibility index (Phi) is 3.55. The van der Waals surface area contributed by atoms with E-state index < -0.39 is 17.3 Å². The molecule has 21 heavy (non-hydrogen) atoms. The van der Waals surface area contributed by atoms with Crippen LogP contribution in [0.2, 0.25) is 0 Å². The minimum Gasteiger partial charge on any atom is -0.464 e. The van der Waals surface area contributed by atoms with Gasteiger partial charge in [0, 0.05) is 11.8 Å². The van der Waals surface area contributed by atoms with E-state index in [1.165, 1.54) is 18.1 Å². The van der Waals surface area contributed by atoms with E-state index in [1.807, 2.05) is 0 Å². The minimum absolute atomic E-state index is 0.0159. The van der Waals surface area contributed by atoms with Gasteiger partial charge in [0.15, 0.2) is 11.2 Å². The summed E-state index contributed by atoms with van der Waals surface area (Å²) < 4.78 is 1.41. The van der Waals surface area contributed by atoms with Crippen molar-refractivity contribution in [3.63, 3.8) is 0 Å². The lowest BCUT2D eigenvalue weighted by molar-refractivity contribution is 0.195. The Balaban J connectivity index is 2.06. The maximum absolute atomic E-state index is 12.2. The highest BCUT2D eigenvalue weighted by Gasteiger charge is 2.21. The highest BCUT2D eigenvalue weighted by molar-refractivity contribution is 7.99. The first kappa shape index (κ1) is 13.9. The zero-order valence-electron chi connectivity index (χ0n) is 10.9. The van der Waals surface area contributed by atoms with Gasteiger partial charge in [0.05, 0.1) is 12.2 Å². The average Bonchev–Trinajstić information content (AvgIpc) is 3.08. The molecule has 0 saturated carbocycles. The highest BCUT2D eigenvalue weighted by Crippen LogP contribution is 2.18. The van der Waals surface area contributed by atoms with Gasteiger partial charge in [-0.15, -0.1) is 11.8 Å². The molecule has 1 unspecified atom stereocenters. The van der Waals surface area contributed by atoms with Gasteiger partial charge >= 0.3 is 11.8 Å². The Labute approximate surface area is 122 Å². The van der Waals surface area contributed by atoms with Crippen molar-refractivity contribution >= 4 is 29.0 Å². The molecule has 1 aliphatic heterocycles. The topological polar surface area (TPSA) is 122 Å². The summed E-state index contributed by atoms with van der Waals surface area (Å²) in [6.45, 7) is 1.73. The molecule has 3 rings (SSSR count). The van der Waals surface area contributed by atoms with Crippen molar-refractivity contribution in [1.29, 1.82) is 0 Å². The summed E-state index contributed by atoms with van der Waals surface area (Å²) in [5.74, 6) is 0.117. The number of thioether (sulfide) groups is 1. The number of rotatable bonds is 3. The summed E-state index contributed by atoms with van der Waals surface area (Å²) in [7, 11) is 0. The van der Waals surface area contributed by atoms with Crippen LogP contribution in [0, 0.1) is 0 Å². The van der Waals surface area contributed by atoms with E-state index in [1.54, 1.807) is 0 Å². The number of nitrogens with zero attached hydrogens (tertiary/aromatic N) is 3. The van der Waals surface area contributed by atoms with Crippen LogP contribution in [-0.2, 0) is 5.88 Å². The van der Waals surface area contributed by atoms with Gasteiger partial charge in [-0.2, -0.15) is 4.57 Å². The van der Waals surface area contributed by atoms with Crippen molar-refractivity contribution in [2.45, 2.75) is 17.5 Å². The standard InChI is InChI=1S/C11H13N5O4S/c17-9-7-8(14-4-13-7)16(11(19)20)10(18)15(9)5-21-6-1-2-12-3-6/h4,6,12H,1-3,5H2,(H,13,14)(H,19,20). The van der Waals surface area contributed by atoms with Gasteiger partial charge in [-0.05, 0) is 13.0 Å².